The third-order valence-corrected chi connectivity index (χ3v) is 8.47. The highest BCUT2D eigenvalue weighted by Crippen LogP contribution is 2.44. The van der Waals surface area contributed by atoms with Gasteiger partial charge in [-0.15, -0.1) is 11.3 Å². The van der Waals surface area contributed by atoms with E-state index in [0.717, 1.165) is 55.1 Å². The number of halogens is 1. The lowest BCUT2D eigenvalue weighted by Gasteiger charge is -2.28. The molecule has 1 unspecified atom stereocenters. The van der Waals surface area contributed by atoms with E-state index in [0.29, 0.717) is 10.6 Å². The van der Waals surface area contributed by atoms with Crippen LogP contribution < -0.4 is 0 Å². The second-order valence-electron chi connectivity index (χ2n) is 11.4. The van der Waals surface area contributed by atoms with E-state index < -0.39 is 17.7 Å². The Bertz CT molecular complexity index is 1920. The van der Waals surface area contributed by atoms with Gasteiger partial charge in [-0.3, -0.25) is 0 Å². The van der Waals surface area contributed by atoms with Crippen molar-refractivity contribution in [3.63, 3.8) is 0 Å². The number of nitrogens with zero attached hydrogens (tertiary/aromatic N) is 3. The van der Waals surface area contributed by atoms with Gasteiger partial charge < -0.3 is 14.4 Å². The number of aromatic nitrogens is 3. The molecule has 6 nitrogen and oxygen atoms in total. The lowest BCUT2D eigenvalue weighted by molar-refractivity contribution is -0.160. The number of aliphatic carboxylic acids is 1. The molecule has 0 bridgehead atoms. The number of thiazole rings is 1. The minimum atomic E-state index is -1.16. The smallest absolute Gasteiger partial charge is 0.337 e. The van der Waals surface area contributed by atoms with Crippen LogP contribution in [0.4, 0.5) is 0 Å². The molecule has 0 amide bonds. The molecule has 6 rings (SSSR count). The molecule has 1 atom stereocenters. The topological polar surface area (TPSA) is 77.2 Å². The predicted molar refractivity (Wildman–Crippen MR) is 170 cm³/mol. The number of aryl methyl sites for hydroxylation is 1. The number of benzene rings is 4. The van der Waals surface area contributed by atoms with E-state index in [1.54, 1.807) is 0 Å². The van der Waals surface area contributed by atoms with Crippen LogP contribution in [0, 0.1) is 6.92 Å². The van der Waals surface area contributed by atoms with Crippen LogP contribution in [0.15, 0.2) is 85.2 Å². The van der Waals surface area contributed by atoms with Gasteiger partial charge in [-0.2, -0.15) is 0 Å². The number of carboxylic acid groups (broad SMARTS) is 1. The Kier molecular flexibility index (Phi) is 7.35. The summed E-state index contributed by atoms with van der Waals surface area (Å²) in [5.41, 5.74) is 7.32. The van der Waals surface area contributed by atoms with Crippen molar-refractivity contribution in [2.75, 3.05) is 0 Å². The summed E-state index contributed by atoms with van der Waals surface area (Å²) in [7, 11) is 0. The molecule has 212 valence electrons. The zero-order valence-electron chi connectivity index (χ0n) is 23.8. The molecule has 0 saturated carbocycles. The van der Waals surface area contributed by atoms with Gasteiger partial charge in [-0.25, -0.2) is 14.8 Å². The summed E-state index contributed by atoms with van der Waals surface area (Å²) in [5.74, 6) is -1.04. The van der Waals surface area contributed by atoms with E-state index in [1.165, 1.54) is 16.9 Å². The van der Waals surface area contributed by atoms with Crippen molar-refractivity contribution < 1.29 is 14.6 Å². The predicted octanol–water partition coefficient (Wildman–Crippen LogP) is 8.93. The van der Waals surface area contributed by atoms with Gasteiger partial charge in [0, 0.05) is 28.3 Å². The summed E-state index contributed by atoms with van der Waals surface area (Å²) in [4.78, 5) is 22.3. The molecular formula is C34H30ClN3O3S. The fraction of sp³-hybridized carbons (Fsp3) is 0.206. The fourth-order valence-corrected chi connectivity index (χ4v) is 6.51. The summed E-state index contributed by atoms with van der Waals surface area (Å²) in [5, 5.41) is 11.8. The Morgan fingerprint density at radius 1 is 1.00 bits per heavy atom. The number of hydrogen-bond donors (Lipinski definition) is 1. The zero-order valence-corrected chi connectivity index (χ0v) is 25.3. The number of carbonyl (C=O) groups is 1. The molecule has 2 aromatic heterocycles. The highest BCUT2D eigenvalue weighted by atomic mass is 35.5. The molecule has 4 aromatic carbocycles. The first-order chi connectivity index (χ1) is 20.1. The quantitative estimate of drug-likeness (QED) is 0.199. The van der Waals surface area contributed by atoms with Gasteiger partial charge in [-0.1, -0.05) is 54.1 Å². The molecule has 6 aromatic rings. The zero-order chi connectivity index (χ0) is 29.6. The largest absolute Gasteiger partial charge is 0.479 e. The van der Waals surface area contributed by atoms with Gasteiger partial charge in [0.1, 0.15) is 5.01 Å². The van der Waals surface area contributed by atoms with Crippen molar-refractivity contribution in [3.05, 3.63) is 107 Å². The van der Waals surface area contributed by atoms with Crippen molar-refractivity contribution in [1.29, 1.82) is 0 Å². The Morgan fingerprint density at radius 2 is 1.71 bits per heavy atom. The average Bonchev–Trinajstić information content (AvgIpc) is 3.55. The van der Waals surface area contributed by atoms with Crippen LogP contribution in [-0.4, -0.2) is 31.2 Å². The minimum absolute atomic E-state index is 0.606. The number of hydrogen-bond acceptors (Lipinski definition) is 5. The number of ether oxygens (including phenoxy) is 1. The lowest BCUT2D eigenvalue weighted by atomic mass is 9.91. The van der Waals surface area contributed by atoms with E-state index in [-0.39, 0.29) is 0 Å². The van der Waals surface area contributed by atoms with Crippen LogP contribution in [0.3, 0.4) is 0 Å². The van der Waals surface area contributed by atoms with Gasteiger partial charge in [0.05, 0.1) is 33.2 Å². The summed E-state index contributed by atoms with van der Waals surface area (Å²) >= 11 is 7.77. The molecule has 0 aliphatic carbocycles. The number of fused-ring (bicyclic) bond motifs is 2. The van der Waals surface area contributed by atoms with Crippen molar-refractivity contribution >= 4 is 50.2 Å². The van der Waals surface area contributed by atoms with Crippen LogP contribution in [-0.2, 0) is 16.1 Å². The van der Waals surface area contributed by atoms with Gasteiger partial charge in [-0.05, 0) is 80.8 Å². The Morgan fingerprint density at radius 3 is 2.40 bits per heavy atom. The minimum Gasteiger partial charge on any atom is -0.479 e. The normalized spacial score (nSPS) is 12.7. The van der Waals surface area contributed by atoms with Gasteiger partial charge in [0.25, 0.3) is 0 Å². The van der Waals surface area contributed by atoms with Crippen LogP contribution >= 0.6 is 22.9 Å². The van der Waals surface area contributed by atoms with Gasteiger partial charge in [0.15, 0.2) is 6.10 Å². The molecule has 42 heavy (non-hydrogen) atoms. The lowest BCUT2D eigenvalue weighted by Crippen LogP contribution is -2.28. The monoisotopic (exact) mass is 595 g/mol. The molecule has 0 radical (unpaired) electrons. The average molecular weight is 596 g/mol. The van der Waals surface area contributed by atoms with Crippen LogP contribution in [0.1, 0.15) is 43.6 Å². The van der Waals surface area contributed by atoms with Crippen molar-refractivity contribution in [1.82, 2.24) is 14.5 Å². The SMILES string of the molecule is Cc1cc2nc(-c3ccc4c(c3)ncn4Cc3ccccc3)sc2c(-c2ccc(Cl)cc2)c1C(OC(C)(C)C)C(=O)O. The van der Waals surface area contributed by atoms with E-state index in [9.17, 15) is 9.90 Å². The first-order valence-electron chi connectivity index (χ1n) is 13.7. The molecule has 2 heterocycles. The van der Waals surface area contributed by atoms with Crippen LogP contribution in [0.25, 0.3) is 42.9 Å². The van der Waals surface area contributed by atoms with E-state index >= 15 is 0 Å². The second-order valence-corrected chi connectivity index (χ2v) is 12.8. The molecule has 0 aliphatic rings. The molecule has 0 saturated heterocycles. The number of imidazole rings is 1. The molecule has 1 N–H and O–H groups in total. The van der Waals surface area contributed by atoms with Crippen molar-refractivity contribution in [3.8, 4) is 21.7 Å². The maximum absolute atomic E-state index is 12.6. The standard InChI is InChI=1S/C34H30ClN3O3S/c1-20-16-26-31(29(22-10-13-24(35)14-11-22)28(20)30(33(39)40)41-34(2,3)4)42-32(37-26)23-12-15-27-25(17-23)36-19-38(27)18-21-8-6-5-7-9-21/h5-17,19,30H,18H2,1-4H3,(H,39,40). The first kappa shape index (κ1) is 28.1. The number of carboxylic acids is 1. The maximum atomic E-state index is 12.6. The summed E-state index contributed by atoms with van der Waals surface area (Å²) in [6.45, 7) is 8.25. The van der Waals surface area contributed by atoms with Crippen molar-refractivity contribution in [2.24, 2.45) is 0 Å². The molecule has 0 aliphatic heterocycles. The number of rotatable bonds is 7. The summed E-state index contributed by atoms with van der Waals surface area (Å²) < 4.78 is 9.17. The highest BCUT2D eigenvalue weighted by Gasteiger charge is 2.32. The van der Waals surface area contributed by atoms with Gasteiger partial charge in [0.2, 0.25) is 0 Å². The van der Waals surface area contributed by atoms with Crippen molar-refractivity contribution in [2.45, 2.75) is 45.9 Å². The summed E-state index contributed by atoms with van der Waals surface area (Å²) in [6.07, 6.45) is 0.713. The van der Waals surface area contributed by atoms with Gasteiger partial charge >= 0.3 is 5.97 Å². The van der Waals surface area contributed by atoms with E-state index in [4.69, 9.17) is 21.3 Å². The molecule has 0 spiro atoms. The second kappa shape index (κ2) is 11.0. The third kappa shape index (κ3) is 5.55. The Balaban J connectivity index is 1.49. The Labute approximate surface area is 253 Å². The van der Waals surface area contributed by atoms with E-state index in [2.05, 4.69) is 39.9 Å². The third-order valence-electron chi connectivity index (χ3n) is 7.08. The van der Waals surface area contributed by atoms with Crippen LogP contribution in [0.5, 0.6) is 0 Å². The maximum Gasteiger partial charge on any atom is 0.337 e. The highest BCUT2D eigenvalue weighted by molar-refractivity contribution is 7.22. The molecule has 0 fully saturated rings. The van der Waals surface area contributed by atoms with Crippen LogP contribution in [0.2, 0.25) is 5.02 Å². The fourth-order valence-electron chi connectivity index (χ4n) is 5.27. The molecular weight excluding hydrogens is 566 g/mol. The first-order valence-corrected chi connectivity index (χ1v) is 14.9. The molecule has 8 heteroatoms. The summed E-state index contributed by atoms with van der Waals surface area (Å²) in [6, 6.07) is 26.0. The Hall–Kier alpha value is -4.04. The van der Waals surface area contributed by atoms with E-state index in [1.807, 2.05) is 82.6 Å².